The summed E-state index contributed by atoms with van der Waals surface area (Å²) in [6.45, 7) is 4.94. The Bertz CT molecular complexity index is 1080. The summed E-state index contributed by atoms with van der Waals surface area (Å²) >= 11 is 0. The molecule has 0 saturated heterocycles. The lowest BCUT2D eigenvalue weighted by Crippen LogP contribution is -2.33. The fraction of sp³-hybridized carbons (Fsp3) is 0.381. The number of esters is 1. The monoisotopic (exact) mass is 395 g/mol. The van der Waals surface area contributed by atoms with Gasteiger partial charge in [-0.3, -0.25) is 4.68 Å². The number of hydrogen-bond donors (Lipinski definition) is 0. The highest BCUT2D eigenvalue weighted by Crippen LogP contribution is 2.38. The lowest BCUT2D eigenvalue weighted by atomic mass is 9.94. The van der Waals surface area contributed by atoms with Gasteiger partial charge in [-0.15, -0.1) is 0 Å². The number of rotatable bonds is 4. The Morgan fingerprint density at radius 1 is 1.38 bits per heavy atom. The predicted molar refractivity (Wildman–Crippen MR) is 102 cm³/mol. The van der Waals surface area contributed by atoms with Crippen LogP contribution < -0.4 is 9.47 Å². The zero-order chi connectivity index (χ0) is 20.0. The maximum absolute atomic E-state index is 12.2. The van der Waals surface area contributed by atoms with Crippen LogP contribution in [0.3, 0.4) is 0 Å². The van der Waals surface area contributed by atoms with Crippen molar-refractivity contribution in [3.63, 3.8) is 0 Å². The highest BCUT2D eigenvalue weighted by atomic mass is 16.6. The van der Waals surface area contributed by atoms with Gasteiger partial charge in [-0.25, -0.2) is 9.78 Å². The van der Waals surface area contributed by atoms with E-state index in [1.165, 1.54) is 0 Å². The van der Waals surface area contributed by atoms with Gasteiger partial charge in [-0.1, -0.05) is 0 Å². The molecule has 0 bridgehead atoms. The fourth-order valence-electron chi connectivity index (χ4n) is 3.91. The summed E-state index contributed by atoms with van der Waals surface area (Å²) < 4.78 is 24.5. The lowest BCUT2D eigenvalue weighted by Gasteiger charge is -2.25. The number of aromatic nitrogens is 3. The maximum Gasteiger partial charge on any atom is 0.374 e. The molecular formula is C21H21N3O5. The van der Waals surface area contributed by atoms with Crippen LogP contribution in [0.1, 0.15) is 34.4 Å². The molecule has 2 aliphatic rings. The number of aryl methyl sites for hydroxylation is 2. The summed E-state index contributed by atoms with van der Waals surface area (Å²) in [6, 6.07) is 3.67. The maximum atomic E-state index is 12.2. The van der Waals surface area contributed by atoms with Crippen molar-refractivity contribution < 1.29 is 23.4 Å². The molecule has 3 aromatic rings. The van der Waals surface area contributed by atoms with Gasteiger partial charge in [0.1, 0.15) is 12.4 Å². The van der Waals surface area contributed by atoms with E-state index in [0.29, 0.717) is 31.4 Å². The summed E-state index contributed by atoms with van der Waals surface area (Å²) in [5, 5.41) is 4.78. The van der Waals surface area contributed by atoms with Crippen molar-refractivity contribution in [3.8, 4) is 22.9 Å². The van der Waals surface area contributed by atoms with Crippen molar-refractivity contribution in [1.82, 2.24) is 14.8 Å². The van der Waals surface area contributed by atoms with Crippen molar-refractivity contribution in [1.29, 1.82) is 0 Å². The summed E-state index contributed by atoms with van der Waals surface area (Å²) in [5.74, 6) is 1.80. The highest BCUT2D eigenvalue weighted by molar-refractivity contribution is 5.91. The third-order valence-corrected chi connectivity index (χ3v) is 5.20. The van der Waals surface area contributed by atoms with Crippen molar-refractivity contribution >= 4 is 5.97 Å². The van der Waals surface area contributed by atoms with Crippen LogP contribution in [0.15, 0.2) is 28.9 Å². The smallest absolute Gasteiger partial charge is 0.374 e. The van der Waals surface area contributed by atoms with E-state index < -0.39 is 5.97 Å². The van der Waals surface area contributed by atoms with E-state index in [-0.39, 0.29) is 11.9 Å². The summed E-state index contributed by atoms with van der Waals surface area (Å²) in [6.07, 6.45) is 5.10. The zero-order valence-electron chi connectivity index (χ0n) is 16.3. The van der Waals surface area contributed by atoms with Crippen molar-refractivity contribution in [2.24, 2.45) is 0 Å². The third kappa shape index (κ3) is 3.04. The zero-order valence-corrected chi connectivity index (χ0v) is 16.3. The molecule has 0 saturated carbocycles. The molecular weight excluding hydrogens is 374 g/mol. The van der Waals surface area contributed by atoms with Gasteiger partial charge >= 0.3 is 5.97 Å². The van der Waals surface area contributed by atoms with E-state index in [4.69, 9.17) is 23.7 Å². The molecule has 0 fully saturated rings. The molecule has 0 spiro atoms. The normalized spacial score (nSPS) is 16.8. The Hall–Kier alpha value is -3.29. The molecule has 1 atom stereocenters. The molecule has 0 N–H and O–H groups in total. The van der Waals surface area contributed by atoms with Crippen LogP contribution in [0.2, 0.25) is 0 Å². The van der Waals surface area contributed by atoms with Gasteiger partial charge in [0.05, 0.1) is 18.8 Å². The Balaban J connectivity index is 1.40. The van der Waals surface area contributed by atoms with Gasteiger partial charge in [-0.2, -0.15) is 5.10 Å². The largest absolute Gasteiger partial charge is 0.479 e. The van der Waals surface area contributed by atoms with Gasteiger partial charge in [0.15, 0.2) is 11.9 Å². The minimum Gasteiger partial charge on any atom is -0.479 e. The number of pyridine rings is 1. The van der Waals surface area contributed by atoms with Crippen molar-refractivity contribution in [3.05, 3.63) is 47.2 Å². The van der Waals surface area contributed by atoms with E-state index in [0.717, 1.165) is 41.0 Å². The second kappa shape index (κ2) is 6.95. The van der Waals surface area contributed by atoms with Crippen LogP contribution in [-0.4, -0.2) is 40.1 Å². The molecule has 4 heterocycles. The van der Waals surface area contributed by atoms with Gasteiger partial charge in [0.25, 0.3) is 5.88 Å². The van der Waals surface area contributed by atoms with Gasteiger partial charge in [-0.05, 0) is 38.0 Å². The van der Waals surface area contributed by atoms with Gasteiger partial charge in [0.2, 0.25) is 5.76 Å². The number of furan rings is 1. The van der Waals surface area contributed by atoms with E-state index in [1.807, 2.05) is 29.9 Å². The SMILES string of the molecule is CCOC(=O)c1oc2c(c1C)-c1nn(CC3COc4ncccc4O3)cc1CC2. The van der Waals surface area contributed by atoms with Crippen LogP contribution in [0.5, 0.6) is 11.6 Å². The molecule has 29 heavy (non-hydrogen) atoms. The third-order valence-electron chi connectivity index (χ3n) is 5.20. The van der Waals surface area contributed by atoms with Gasteiger partial charge in [0, 0.05) is 29.9 Å². The number of nitrogens with zero attached hydrogens (tertiary/aromatic N) is 3. The average molecular weight is 395 g/mol. The van der Waals surface area contributed by atoms with Crippen LogP contribution in [0.4, 0.5) is 0 Å². The standard InChI is InChI=1S/C21H21N3O5/c1-3-26-21(25)19-12(2)17-15(29-19)7-6-13-9-24(23-18(13)17)10-14-11-27-20-16(28-14)5-4-8-22-20/h4-5,8-9,14H,3,6-7,10-11H2,1-2H3. The van der Waals surface area contributed by atoms with Crippen molar-refractivity contribution in [2.75, 3.05) is 13.2 Å². The number of carbonyl (C=O) groups is 1. The highest BCUT2D eigenvalue weighted by Gasteiger charge is 2.31. The topological polar surface area (TPSA) is 88.6 Å². The molecule has 8 heteroatoms. The first-order chi connectivity index (χ1) is 14.1. The van der Waals surface area contributed by atoms with Gasteiger partial charge < -0.3 is 18.6 Å². The summed E-state index contributed by atoms with van der Waals surface area (Å²) in [7, 11) is 0. The number of ether oxygens (including phenoxy) is 3. The Kier molecular flexibility index (Phi) is 4.26. The van der Waals surface area contributed by atoms with Crippen LogP contribution in [0, 0.1) is 6.92 Å². The first-order valence-corrected chi connectivity index (χ1v) is 9.74. The molecule has 3 aromatic heterocycles. The van der Waals surface area contributed by atoms with Crippen molar-refractivity contribution in [2.45, 2.75) is 39.3 Å². The average Bonchev–Trinajstić information content (AvgIpc) is 3.28. The molecule has 8 nitrogen and oxygen atoms in total. The van der Waals surface area contributed by atoms with E-state index >= 15 is 0 Å². The number of hydrogen-bond acceptors (Lipinski definition) is 7. The molecule has 0 amide bonds. The van der Waals surface area contributed by atoms with E-state index in [9.17, 15) is 4.79 Å². The van der Waals surface area contributed by atoms with E-state index in [1.54, 1.807) is 13.1 Å². The number of carbonyl (C=O) groups excluding carboxylic acids is 1. The lowest BCUT2D eigenvalue weighted by molar-refractivity contribution is 0.0487. The molecule has 150 valence electrons. The minimum absolute atomic E-state index is 0.159. The minimum atomic E-state index is -0.430. The Morgan fingerprint density at radius 3 is 3.14 bits per heavy atom. The molecule has 1 aliphatic heterocycles. The fourth-order valence-corrected chi connectivity index (χ4v) is 3.91. The first kappa shape index (κ1) is 17.8. The predicted octanol–water partition coefficient (Wildman–Crippen LogP) is 2.96. The molecule has 1 unspecified atom stereocenters. The van der Waals surface area contributed by atoms with Crippen LogP contribution in [0.25, 0.3) is 11.3 Å². The Morgan fingerprint density at radius 2 is 2.28 bits per heavy atom. The Labute approximate surface area is 167 Å². The van der Waals surface area contributed by atoms with Crippen LogP contribution in [-0.2, 0) is 24.1 Å². The molecule has 1 aliphatic carbocycles. The van der Waals surface area contributed by atoms with Crippen LogP contribution >= 0.6 is 0 Å². The molecule has 0 radical (unpaired) electrons. The second-order valence-electron chi connectivity index (χ2n) is 7.16. The number of fused-ring (bicyclic) bond motifs is 4. The second-order valence-corrected chi connectivity index (χ2v) is 7.16. The quantitative estimate of drug-likeness (QED) is 0.628. The summed E-state index contributed by atoms with van der Waals surface area (Å²) in [4.78, 5) is 16.3. The summed E-state index contributed by atoms with van der Waals surface area (Å²) in [5.41, 5.74) is 3.68. The molecule has 5 rings (SSSR count). The first-order valence-electron chi connectivity index (χ1n) is 9.74. The molecule has 0 aromatic carbocycles. The van der Waals surface area contributed by atoms with E-state index in [2.05, 4.69) is 4.98 Å².